The highest BCUT2D eigenvalue weighted by Gasteiger charge is 2.48. The van der Waals surface area contributed by atoms with Gasteiger partial charge in [0.2, 0.25) is 0 Å². The van der Waals surface area contributed by atoms with Crippen LogP contribution >= 0.6 is 0 Å². The van der Waals surface area contributed by atoms with E-state index in [-0.39, 0.29) is 18.5 Å². The second-order valence-corrected chi connectivity index (χ2v) is 4.60. The van der Waals surface area contributed by atoms with Gasteiger partial charge in [0.1, 0.15) is 6.10 Å². The Bertz CT molecular complexity index is 214. The minimum Gasteiger partial charge on any atom is -0.382 e. The molecular formula is C11H20O5. The van der Waals surface area contributed by atoms with Crippen LogP contribution in [0, 0.1) is 0 Å². The number of rotatable bonds is 5. The van der Waals surface area contributed by atoms with Gasteiger partial charge < -0.3 is 23.7 Å². The lowest BCUT2D eigenvalue weighted by atomic mass is 10.2. The van der Waals surface area contributed by atoms with Crippen LogP contribution in [-0.4, -0.2) is 51.2 Å². The predicted octanol–water partition coefficient (Wildman–Crippen LogP) is 0.916. The molecule has 0 aromatic heterocycles. The monoisotopic (exact) mass is 232 g/mol. The molecule has 0 N–H and O–H groups in total. The van der Waals surface area contributed by atoms with E-state index in [0.29, 0.717) is 19.8 Å². The fraction of sp³-hybridized carbons (Fsp3) is 1.00. The van der Waals surface area contributed by atoms with Crippen molar-refractivity contribution in [3.63, 3.8) is 0 Å². The molecule has 0 unspecified atom stereocenters. The lowest BCUT2D eigenvalue weighted by Gasteiger charge is -2.20. The first kappa shape index (κ1) is 12.3. The van der Waals surface area contributed by atoms with E-state index in [1.54, 1.807) is 7.11 Å². The predicted molar refractivity (Wildman–Crippen MR) is 56.0 cm³/mol. The molecule has 16 heavy (non-hydrogen) atoms. The van der Waals surface area contributed by atoms with E-state index < -0.39 is 5.79 Å². The highest BCUT2D eigenvalue weighted by Crippen LogP contribution is 2.36. The van der Waals surface area contributed by atoms with Crippen LogP contribution in [0.3, 0.4) is 0 Å². The molecule has 0 aliphatic carbocycles. The summed E-state index contributed by atoms with van der Waals surface area (Å²) in [4.78, 5) is 0. The van der Waals surface area contributed by atoms with Gasteiger partial charge in [-0.1, -0.05) is 0 Å². The third-order valence-electron chi connectivity index (χ3n) is 2.70. The SMILES string of the molecule is COCCOC[C@@H]1C[C@@H]2OC(C)(C)O[C@H]2O1. The molecular weight excluding hydrogens is 212 g/mol. The van der Waals surface area contributed by atoms with E-state index in [0.717, 1.165) is 6.42 Å². The smallest absolute Gasteiger partial charge is 0.187 e. The minimum atomic E-state index is -0.517. The van der Waals surface area contributed by atoms with Gasteiger partial charge in [-0.05, 0) is 13.8 Å². The zero-order valence-corrected chi connectivity index (χ0v) is 10.1. The Kier molecular flexibility index (Phi) is 3.81. The van der Waals surface area contributed by atoms with Crippen molar-refractivity contribution in [3.8, 4) is 0 Å². The maximum absolute atomic E-state index is 5.70. The first-order valence-corrected chi connectivity index (χ1v) is 5.68. The summed E-state index contributed by atoms with van der Waals surface area (Å²) in [5.74, 6) is -0.517. The minimum absolute atomic E-state index is 0.0472. The van der Waals surface area contributed by atoms with E-state index in [1.165, 1.54) is 0 Å². The lowest BCUT2D eigenvalue weighted by Crippen LogP contribution is -2.26. The summed E-state index contributed by atoms with van der Waals surface area (Å²) in [6.07, 6.45) is 0.723. The summed E-state index contributed by atoms with van der Waals surface area (Å²) in [5, 5.41) is 0. The number of fused-ring (bicyclic) bond motifs is 1. The zero-order valence-electron chi connectivity index (χ0n) is 10.1. The second-order valence-electron chi connectivity index (χ2n) is 4.60. The maximum atomic E-state index is 5.70. The first-order valence-electron chi connectivity index (χ1n) is 5.68. The topological polar surface area (TPSA) is 46.2 Å². The summed E-state index contributed by atoms with van der Waals surface area (Å²) in [7, 11) is 1.66. The normalized spacial score (nSPS) is 36.6. The van der Waals surface area contributed by atoms with E-state index in [1.807, 2.05) is 13.8 Å². The Morgan fingerprint density at radius 2 is 2.06 bits per heavy atom. The van der Waals surface area contributed by atoms with Crippen LogP contribution in [0.1, 0.15) is 20.3 Å². The standard InChI is InChI=1S/C11H20O5/c1-11(2)15-9-6-8(14-10(9)16-11)7-13-5-4-12-3/h8-10H,4-7H2,1-3H3/t8-,9-,10+/m0/s1. The highest BCUT2D eigenvalue weighted by molar-refractivity contribution is 4.84. The molecule has 0 spiro atoms. The Balaban J connectivity index is 1.67. The number of ether oxygens (including phenoxy) is 5. The van der Waals surface area contributed by atoms with Gasteiger partial charge in [0.25, 0.3) is 0 Å². The number of hydrogen-bond donors (Lipinski definition) is 0. The Morgan fingerprint density at radius 1 is 1.25 bits per heavy atom. The molecule has 5 nitrogen and oxygen atoms in total. The van der Waals surface area contributed by atoms with Gasteiger partial charge in [-0.3, -0.25) is 0 Å². The van der Waals surface area contributed by atoms with Crippen LogP contribution < -0.4 is 0 Å². The third-order valence-corrected chi connectivity index (χ3v) is 2.70. The van der Waals surface area contributed by atoms with Gasteiger partial charge >= 0.3 is 0 Å². The van der Waals surface area contributed by atoms with Crippen molar-refractivity contribution < 1.29 is 23.7 Å². The van der Waals surface area contributed by atoms with E-state index in [4.69, 9.17) is 23.7 Å². The van der Waals surface area contributed by atoms with Crippen LogP contribution in [0.4, 0.5) is 0 Å². The average molecular weight is 232 g/mol. The molecule has 2 rings (SSSR count). The molecule has 0 saturated carbocycles. The summed E-state index contributed by atoms with van der Waals surface area (Å²) in [5.41, 5.74) is 0. The highest BCUT2D eigenvalue weighted by atomic mass is 16.8. The van der Waals surface area contributed by atoms with Crippen molar-refractivity contribution in [3.05, 3.63) is 0 Å². The quantitative estimate of drug-likeness (QED) is 0.659. The van der Waals surface area contributed by atoms with Crippen LogP contribution in [0.5, 0.6) is 0 Å². The van der Waals surface area contributed by atoms with E-state index >= 15 is 0 Å². The van der Waals surface area contributed by atoms with Gasteiger partial charge in [0.15, 0.2) is 12.1 Å². The van der Waals surface area contributed by atoms with Gasteiger partial charge in [0, 0.05) is 13.5 Å². The number of methoxy groups -OCH3 is 1. The van der Waals surface area contributed by atoms with Gasteiger partial charge in [0.05, 0.1) is 25.9 Å². The van der Waals surface area contributed by atoms with Crippen molar-refractivity contribution in [2.45, 2.75) is 44.6 Å². The van der Waals surface area contributed by atoms with Crippen molar-refractivity contribution in [1.29, 1.82) is 0 Å². The first-order chi connectivity index (χ1) is 7.61. The molecule has 0 aromatic carbocycles. The maximum Gasteiger partial charge on any atom is 0.187 e. The summed E-state index contributed by atoms with van der Waals surface area (Å²) in [6, 6.07) is 0. The molecule has 2 heterocycles. The molecule has 2 saturated heterocycles. The third kappa shape index (κ3) is 2.93. The van der Waals surface area contributed by atoms with Crippen LogP contribution in [0.2, 0.25) is 0 Å². The Hall–Kier alpha value is -0.200. The fourth-order valence-electron chi connectivity index (χ4n) is 2.05. The number of hydrogen-bond acceptors (Lipinski definition) is 5. The Morgan fingerprint density at radius 3 is 2.75 bits per heavy atom. The summed E-state index contributed by atoms with van der Waals surface area (Å²) >= 11 is 0. The van der Waals surface area contributed by atoms with Crippen LogP contribution in [0.25, 0.3) is 0 Å². The summed E-state index contributed by atoms with van der Waals surface area (Å²) < 4.78 is 27.3. The van der Waals surface area contributed by atoms with E-state index in [2.05, 4.69) is 0 Å². The zero-order chi connectivity index (χ0) is 11.6. The van der Waals surface area contributed by atoms with Crippen LogP contribution in [0.15, 0.2) is 0 Å². The molecule has 2 aliphatic heterocycles. The average Bonchev–Trinajstić information content (AvgIpc) is 2.65. The van der Waals surface area contributed by atoms with Crippen LogP contribution in [-0.2, 0) is 23.7 Å². The van der Waals surface area contributed by atoms with Crippen molar-refractivity contribution in [2.24, 2.45) is 0 Å². The largest absolute Gasteiger partial charge is 0.382 e. The van der Waals surface area contributed by atoms with E-state index in [9.17, 15) is 0 Å². The van der Waals surface area contributed by atoms with Crippen molar-refractivity contribution in [2.75, 3.05) is 26.9 Å². The van der Waals surface area contributed by atoms with Gasteiger partial charge in [-0.15, -0.1) is 0 Å². The lowest BCUT2D eigenvalue weighted by molar-refractivity contribution is -0.209. The van der Waals surface area contributed by atoms with Gasteiger partial charge in [-0.2, -0.15) is 0 Å². The molecule has 5 heteroatoms. The molecule has 0 amide bonds. The van der Waals surface area contributed by atoms with Crippen molar-refractivity contribution >= 4 is 0 Å². The molecule has 0 aromatic rings. The molecule has 2 fully saturated rings. The molecule has 0 radical (unpaired) electrons. The molecule has 0 bridgehead atoms. The second kappa shape index (κ2) is 4.98. The van der Waals surface area contributed by atoms with Gasteiger partial charge in [-0.25, -0.2) is 0 Å². The molecule has 3 atom stereocenters. The fourth-order valence-corrected chi connectivity index (χ4v) is 2.05. The Labute approximate surface area is 95.9 Å². The molecule has 94 valence electrons. The van der Waals surface area contributed by atoms with Crippen molar-refractivity contribution in [1.82, 2.24) is 0 Å². The molecule has 2 aliphatic rings. The summed E-state index contributed by atoms with van der Waals surface area (Å²) in [6.45, 7) is 5.58.